The Bertz CT molecular complexity index is 1910. The molecule has 0 aromatic heterocycles. The molecule has 1 saturated heterocycles. The van der Waals surface area contributed by atoms with Gasteiger partial charge >= 0.3 is 0 Å². The van der Waals surface area contributed by atoms with Crippen LogP contribution in [0.5, 0.6) is 5.75 Å². The van der Waals surface area contributed by atoms with Gasteiger partial charge in [-0.25, -0.2) is 0 Å². The van der Waals surface area contributed by atoms with Gasteiger partial charge in [0.25, 0.3) is 0 Å². The van der Waals surface area contributed by atoms with Crippen LogP contribution in [-0.2, 0) is 54.4 Å². The first-order chi connectivity index (χ1) is 31.6. The average Bonchev–Trinajstić information content (AvgIpc) is 3.80. The second-order valence-corrected chi connectivity index (χ2v) is 17.1. The predicted molar refractivity (Wildman–Crippen MR) is 250 cm³/mol. The standard InChI is InChI=1S/C42H67N11O12S2/c1-5-21(3)33(40(63)46-17-32(45)57)52-39(62)30-8-7-15-53(30)42(65)29(20-67)50-38(61)28(18-54)49-36(59)26(13-14-31(44)56)47-41(64)34(22(4)6-2)51-37(60)27(48-35(58)25(43)19-66)16-23-9-11-24(55)12-10-23/h9-12,21-22,25-30,33-34,54-55,66-67H,5-8,13-20,43H2,1-4H3,(H2,44,56)(H2,45,57)(H,46,63)(H,47,64)(H,48,58)(H,49,59)(H,50,61)(H,51,60)(H,52,62). The van der Waals surface area contributed by atoms with Gasteiger partial charge in [-0.2, -0.15) is 25.3 Å². The molecule has 15 N–H and O–H groups in total. The molecule has 0 aliphatic carbocycles. The molecule has 0 spiro atoms. The Morgan fingerprint density at radius 3 is 1.78 bits per heavy atom. The minimum atomic E-state index is -1.72. The highest BCUT2D eigenvalue weighted by molar-refractivity contribution is 7.80. The summed E-state index contributed by atoms with van der Waals surface area (Å²) in [5.41, 5.74) is 16.9. The highest BCUT2D eigenvalue weighted by Crippen LogP contribution is 2.21. The zero-order chi connectivity index (χ0) is 50.5. The molecule has 1 aliphatic rings. The number of carbonyl (C=O) groups excluding carboxylic acids is 10. The Balaban J connectivity index is 2.27. The van der Waals surface area contributed by atoms with Crippen molar-refractivity contribution in [1.29, 1.82) is 0 Å². The lowest BCUT2D eigenvalue weighted by Crippen LogP contribution is -2.62. The van der Waals surface area contributed by atoms with Gasteiger partial charge in [-0.1, -0.05) is 52.7 Å². The van der Waals surface area contributed by atoms with Crippen molar-refractivity contribution in [3.63, 3.8) is 0 Å². The lowest BCUT2D eigenvalue weighted by atomic mass is 9.96. The van der Waals surface area contributed by atoms with Crippen LogP contribution >= 0.6 is 25.3 Å². The largest absolute Gasteiger partial charge is 0.508 e. The number of phenolic OH excluding ortho intramolecular Hbond substituents is 1. The van der Waals surface area contributed by atoms with Crippen molar-refractivity contribution in [3.8, 4) is 5.75 Å². The third-order valence-corrected chi connectivity index (χ3v) is 12.1. The number of hydrogen-bond donors (Lipinski definition) is 14. The van der Waals surface area contributed by atoms with Crippen LogP contribution in [0.4, 0.5) is 0 Å². The molecule has 2 rings (SSSR count). The van der Waals surface area contributed by atoms with Crippen LogP contribution in [-0.4, -0.2) is 154 Å². The first-order valence-corrected chi connectivity index (χ1v) is 23.2. The van der Waals surface area contributed by atoms with Crippen molar-refractivity contribution in [3.05, 3.63) is 29.8 Å². The third-order valence-electron chi connectivity index (χ3n) is 11.3. The SMILES string of the molecule is CCC(C)C(NC(=O)C(Cc1ccc(O)cc1)NC(=O)C(N)CS)C(=O)NC(CCC(N)=O)C(=O)NC(CO)C(=O)NC(CS)C(=O)N1CCCC1C(=O)NC(C(=O)NCC(N)=O)C(C)CC. The normalized spacial score (nSPS) is 17.4. The summed E-state index contributed by atoms with van der Waals surface area (Å²) in [4.78, 5) is 132. The summed E-state index contributed by atoms with van der Waals surface area (Å²) in [7, 11) is 0. The van der Waals surface area contributed by atoms with E-state index in [1.54, 1.807) is 27.7 Å². The van der Waals surface area contributed by atoms with Crippen LogP contribution in [0.25, 0.3) is 0 Å². The number of nitrogens with one attached hydrogen (secondary N) is 7. The molecule has 1 heterocycles. The third kappa shape index (κ3) is 18.2. The van der Waals surface area contributed by atoms with E-state index in [1.807, 2.05) is 0 Å². The molecular formula is C42H67N11O12S2. The molecule has 1 aliphatic heterocycles. The van der Waals surface area contributed by atoms with Crippen molar-refractivity contribution in [2.24, 2.45) is 29.0 Å². The van der Waals surface area contributed by atoms with Crippen molar-refractivity contribution < 1.29 is 58.2 Å². The Hall–Kier alpha value is -5.66. The maximum Gasteiger partial charge on any atom is 0.246 e. The van der Waals surface area contributed by atoms with E-state index in [0.29, 0.717) is 24.8 Å². The van der Waals surface area contributed by atoms with Gasteiger partial charge in [-0.3, -0.25) is 47.9 Å². The smallest absolute Gasteiger partial charge is 0.246 e. The van der Waals surface area contributed by atoms with Crippen LogP contribution in [0.3, 0.4) is 0 Å². The first-order valence-electron chi connectivity index (χ1n) is 22.0. The summed E-state index contributed by atoms with van der Waals surface area (Å²) >= 11 is 8.27. The topological polar surface area (TPSA) is 377 Å². The monoisotopic (exact) mass is 981 g/mol. The summed E-state index contributed by atoms with van der Waals surface area (Å²) < 4.78 is 0. The molecule has 67 heavy (non-hydrogen) atoms. The van der Waals surface area contributed by atoms with Crippen LogP contribution in [0.15, 0.2) is 24.3 Å². The average molecular weight is 982 g/mol. The van der Waals surface area contributed by atoms with E-state index in [4.69, 9.17) is 17.2 Å². The first kappa shape index (κ1) is 57.5. The van der Waals surface area contributed by atoms with Crippen LogP contribution < -0.4 is 54.4 Å². The molecule has 374 valence electrons. The minimum Gasteiger partial charge on any atom is -0.508 e. The molecule has 1 aromatic carbocycles. The second-order valence-electron chi connectivity index (χ2n) is 16.4. The van der Waals surface area contributed by atoms with E-state index in [2.05, 4.69) is 62.5 Å². The molecule has 1 fully saturated rings. The number of carbonyl (C=O) groups is 10. The van der Waals surface area contributed by atoms with Gasteiger partial charge in [0.15, 0.2) is 0 Å². The molecule has 23 nitrogen and oxygen atoms in total. The molecule has 1 aromatic rings. The van der Waals surface area contributed by atoms with Crippen molar-refractivity contribution in [1.82, 2.24) is 42.1 Å². The van der Waals surface area contributed by atoms with E-state index in [-0.39, 0.29) is 49.0 Å². The number of aliphatic hydroxyl groups excluding tert-OH is 1. The zero-order valence-electron chi connectivity index (χ0n) is 38.1. The predicted octanol–water partition coefficient (Wildman–Crippen LogP) is -4.03. The minimum absolute atomic E-state index is 0.0338. The number of thiol groups is 2. The molecule has 0 radical (unpaired) electrons. The number of aliphatic hydroxyl groups is 1. The van der Waals surface area contributed by atoms with E-state index in [9.17, 15) is 58.2 Å². The van der Waals surface area contributed by atoms with Crippen LogP contribution in [0.1, 0.15) is 71.8 Å². The molecule has 10 unspecified atom stereocenters. The lowest BCUT2D eigenvalue weighted by molar-refractivity contribution is -0.142. The summed E-state index contributed by atoms with van der Waals surface area (Å²) in [5.74, 6) is -9.40. The van der Waals surface area contributed by atoms with E-state index >= 15 is 0 Å². The van der Waals surface area contributed by atoms with Gasteiger partial charge in [0.05, 0.1) is 19.2 Å². The number of amides is 10. The Morgan fingerprint density at radius 1 is 0.701 bits per heavy atom. The molecule has 25 heteroatoms. The zero-order valence-corrected chi connectivity index (χ0v) is 39.9. The Labute approximate surface area is 400 Å². The molecule has 0 saturated carbocycles. The highest BCUT2D eigenvalue weighted by Gasteiger charge is 2.40. The number of likely N-dealkylation sites (tertiary alicyclic amines) is 1. The molecule has 10 amide bonds. The van der Waals surface area contributed by atoms with Gasteiger partial charge in [0.2, 0.25) is 59.1 Å². The number of primary amides is 2. The van der Waals surface area contributed by atoms with Gasteiger partial charge in [0, 0.05) is 30.9 Å². The number of benzene rings is 1. The summed E-state index contributed by atoms with van der Waals surface area (Å²) in [6, 6.07) is -4.57. The fourth-order valence-corrected chi connectivity index (χ4v) is 7.29. The summed E-state index contributed by atoms with van der Waals surface area (Å²) in [6.45, 7) is 5.57. The number of nitrogens with zero attached hydrogens (tertiary/aromatic N) is 1. The Morgan fingerprint density at radius 2 is 1.24 bits per heavy atom. The highest BCUT2D eigenvalue weighted by atomic mass is 32.1. The molecular weight excluding hydrogens is 915 g/mol. The number of nitrogens with two attached hydrogens (primary N) is 3. The van der Waals surface area contributed by atoms with Crippen molar-refractivity contribution in [2.45, 2.75) is 121 Å². The van der Waals surface area contributed by atoms with E-state index in [1.165, 1.54) is 29.2 Å². The van der Waals surface area contributed by atoms with Crippen LogP contribution in [0, 0.1) is 11.8 Å². The number of phenols is 1. The van der Waals surface area contributed by atoms with Crippen LogP contribution in [0.2, 0.25) is 0 Å². The maximum absolute atomic E-state index is 14.0. The lowest BCUT2D eigenvalue weighted by Gasteiger charge is -2.31. The van der Waals surface area contributed by atoms with E-state index < -0.39 is 133 Å². The van der Waals surface area contributed by atoms with Crippen molar-refractivity contribution in [2.75, 3.05) is 31.2 Å². The second kappa shape index (κ2) is 28.5. The molecule has 0 bridgehead atoms. The van der Waals surface area contributed by atoms with Gasteiger partial charge < -0.3 is 69.5 Å². The Kier molecular flexibility index (Phi) is 24.4. The van der Waals surface area contributed by atoms with Gasteiger partial charge in [0.1, 0.15) is 48.0 Å². The van der Waals surface area contributed by atoms with E-state index in [0.717, 1.165) is 0 Å². The summed E-state index contributed by atoms with van der Waals surface area (Å²) in [6.07, 6.45) is 0.564. The number of hydrogen-bond acceptors (Lipinski definition) is 15. The fraction of sp³-hybridized carbons (Fsp3) is 0.619. The van der Waals surface area contributed by atoms with Gasteiger partial charge in [-0.15, -0.1) is 0 Å². The van der Waals surface area contributed by atoms with Gasteiger partial charge in [-0.05, 0) is 48.8 Å². The summed E-state index contributed by atoms with van der Waals surface area (Å²) in [5, 5.41) is 37.5. The number of rotatable bonds is 28. The number of aromatic hydroxyl groups is 1. The molecule has 10 atom stereocenters. The van der Waals surface area contributed by atoms with Crippen molar-refractivity contribution >= 4 is 84.3 Å². The quantitative estimate of drug-likeness (QED) is 0.0357. The fourth-order valence-electron chi connectivity index (χ4n) is 6.87. The maximum atomic E-state index is 14.0.